The Morgan fingerprint density at radius 3 is 2.24 bits per heavy atom. The van der Waals surface area contributed by atoms with Crippen LogP contribution in [-0.4, -0.2) is 33.8 Å². The summed E-state index contributed by atoms with van der Waals surface area (Å²) < 4.78 is 11.2. The van der Waals surface area contributed by atoms with E-state index in [2.05, 4.69) is 14.8 Å². The van der Waals surface area contributed by atoms with E-state index < -0.39 is 11.9 Å². The molecule has 1 aromatic heterocycles. The van der Waals surface area contributed by atoms with E-state index in [1.165, 1.54) is 11.8 Å². The Balaban J connectivity index is 1.89. The molecule has 3 aromatic rings. The fourth-order valence-electron chi connectivity index (χ4n) is 2.16. The van der Waals surface area contributed by atoms with Crippen LogP contribution in [0.5, 0.6) is 0 Å². The van der Waals surface area contributed by atoms with Crippen LogP contribution in [0, 0.1) is 0 Å². The van der Waals surface area contributed by atoms with Gasteiger partial charge in [-0.3, -0.25) is 0 Å². The molecule has 7 nitrogen and oxygen atoms in total. The summed E-state index contributed by atoms with van der Waals surface area (Å²) in [6.07, 6.45) is 0. The van der Waals surface area contributed by atoms with Gasteiger partial charge in [-0.25, -0.2) is 14.3 Å². The molecule has 0 aliphatic rings. The van der Waals surface area contributed by atoms with Gasteiger partial charge >= 0.3 is 11.9 Å². The first-order valence-electron chi connectivity index (χ1n) is 7.51. The number of rotatable bonds is 5. The fraction of sp³-hybridized carbons (Fsp3) is 0.111. The van der Waals surface area contributed by atoms with Gasteiger partial charge in [0.15, 0.2) is 0 Å². The molecule has 0 radical (unpaired) electrons. The molecular weight excluding hydrogens is 322 g/mol. The van der Waals surface area contributed by atoms with Crippen molar-refractivity contribution in [1.29, 1.82) is 0 Å². The SMILES string of the molecule is COC(=O)c1nc(C(=O)OCc2ccccc2)n(-c2ccccc2)n1. The molecular formula is C18H15N3O4. The van der Waals surface area contributed by atoms with Crippen molar-refractivity contribution in [1.82, 2.24) is 14.8 Å². The number of ether oxygens (including phenoxy) is 2. The highest BCUT2D eigenvalue weighted by Gasteiger charge is 2.23. The van der Waals surface area contributed by atoms with Crippen LogP contribution in [0.4, 0.5) is 0 Å². The number of methoxy groups -OCH3 is 1. The third kappa shape index (κ3) is 3.72. The van der Waals surface area contributed by atoms with Gasteiger partial charge in [-0.2, -0.15) is 4.98 Å². The topological polar surface area (TPSA) is 83.3 Å². The number of hydrogen-bond acceptors (Lipinski definition) is 6. The van der Waals surface area contributed by atoms with Gasteiger partial charge in [-0.15, -0.1) is 5.10 Å². The maximum absolute atomic E-state index is 12.4. The lowest BCUT2D eigenvalue weighted by Crippen LogP contribution is -2.13. The highest BCUT2D eigenvalue weighted by molar-refractivity contribution is 5.90. The molecule has 7 heteroatoms. The average molecular weight is 337 g/mol. The number of carbonyl (C=O) groups is 2. The highest BCUT2D eigenvalue weighted by Crippen LogP contribution is 2.12. The molecule has 25 heavy (non-hydrogen) atoms. The van der Waals surface area contributed by atoms with Crippen molar-refractivity contribution >= 4 is 11.9 Å². The van der Waals surface area contributed by atoms with Crippen LogP contribution in [0.1, 0.15) is 26.8 Å². The molecule has 0 fully saturated rings. The van der Waals surface area contributed by atoms with Crippen molar-refractivity contribution in [2.75, 3.05) is 7.11 Å². The number of benzene rings is 2. The van der Waals surface area contributed by atoms with Gasteiger partial charge in [0.05, 0.1) is 12.8 Å². The number of esters is 2. The minimum Gasteiger partial charge on any atom is -0.463 e. The Morgan fingerprint density at radius 1 is 0.960 bits per heavy atom. The highest BCUT2D eigenvalue weighted by atomic mass is 16.5. The summed E-state index contributed by atoms with van der Waals surface area (Å²) in [4.78, 5) is 28.1. The van der Waals surface area contributed by atoms with Gasteiger partial charge in [0.25, 0.3) is 5.82 Å². The summed E-state index contributed by atoms with van der Waals surface area (Å²) >= 11 is 0. The fourth-order valence-corrected chi connectivity index (χ4v) is 2.16. The van der Waals surface area contributed by atoms with Crippen molar-refractivity contribution in [2.45, 2.75) is 6.61 Å². The number of aromatic nitrogens is 3. The van der Waals surface area contributed by atoms with Crippen LogP contribution in [0.3, 0.4) is 0 Å². The molecule has 2 aromatic carbocycles. The normalized spacial score (nSPS) is 10.3. The monoisotopic (exact) mass is 337 g/mol. The van der Waals surface area contributed by atoms with E-state index in [0.717, 1.165) is 5.56 Å². The third-order valence-electron chi connectivity index (χ3n) is 3.37. The maximum atomic E-state index is 12.4. The lowest BCUT2D eigenvalue weighted by Gasteiger charge is -2.06. The first-order chi connectivity index (χ1) is 12.2. The van der Waals surface area contributed by atoms with Crippen molar-refractivity contribution in [3.05, 3.63) is 77.9 Å². The molecule has 3 rings (SSSR count). The van der Waals surface area contributed by atoms with Gasteiger partial charge in [0.1, 0.15) is 6.61 Å². The van der Waals surface area contributed by atoms with E-state index in [1.807, 2.05) is 36.4 Å². The minimum atomic E-state index is -0.730. The quantitative estimate of drug-likeness (QED) is 0.665. The molecule has 0 atom stereocenters. The van der Waals surface area contributed by atoms with Gasteiger partial charge in [0.2, 0.25) is 5.82 Å². The summed E-state index contributed by atoms with van der Waals surface area (Å²) in [5.41, 5.74) is 1.42. The Bertz CT molecular complexity index is 876. The lowest BCUT2D eigenvalue weighted by atomic mass is 10.2. The molecule has 0 amide bonds. The largest absolute Gasteiger partial charge is 0.463 e. The Kier molecular flexibility index (Phi) is 4.84. The van der Waals surface area contributed by atoms with E-state index in [0.29, 0.717) is 5.69 Å². The molecule has 0 aliphatic heterocycles. The predicted octanol–water partition coefficient (Wildman–Crippen LogP) is 2.41. The predicted molar refractivity (Wildman–Crippen MR) is 88.3 cm³/mol. The molecule has 0 N–H and O–H groups in total. The molecule has 0 saturated heterocycles. The molecule has 0 unspecified atom stereocenters. The van der Waals surface area contributed by atoms with E-state index in [1.54, 1.807) is 24.3 Å². The van der Waals surface area contributed by atoms with E-state index in [9.17, 15) is 9.59 Å². The van der Waals surface area contributed by atoms with Crippen LogP contribution < -0.4 is 0 Å². The molecule has 0 spiro atoms. The van der Waals surface area contributed by atoms with Crippen LogP contribution in [-0.2, 0) is 16.1 Å². The van der Waals surface area contributed by atoms with Crippen molar-refractivity contribution in [2.24, 2.45) is 0 Å². The minimum absolute atomic E-state index is 0.0921. The van der Waals surface area contributed by atoms with Crippen molar-refractivity contribution in [3.8, 4) is 5.69 Å². The van der Waals surface area contributed by atoms with Crippen LogP contribution in [0.25, 0.3) is 5.69 Å². The second kappa shape index (κ2) is 7.39. The third-order valence-corrected chi connectivity index (χ3v) is 3.37. The summed E-state index contributed by atoms with van der Waals surface area (Å²) in [5, 5.41) is 4.06. The van der Waals surface area contributed by atoms with E-state index in [-0.39, 0.29) is 18.3 Å². The summed E-state index contributed by atoms with van der Waals surface area (Å²) in [7, 11) is 1.22. The maximum Gasteiger partial charge on any atom is 0.377 e. The van der Waals surface area contributed by atoms with Crippen LogP contribution in [0.2, 0.25) is 0 Å². The van der Waals surface area contributed by atoms with Gasteiger partial charge in [0, 0.05) is 0 Å². The summed E-state index contributed by atoms with van der Waals surface area (Å²) in [6, 6.07) is 18.1. The van der Waals surface area contributed by atoms with Crippen LogP contribution >= 0.6 is 0 Å². The zero-order valence-electron chi connectivity index (χ0n) is 13.5. The zero-order chi connectivity index (χ0) is 17.6. The standard InChI is InChI=1S/C18H15N3O4/c1-24-17(22)15-19-16(21(20-15)14-10-6-3-7-11-14)18(23)25-12-13-8-4-2-5-9-13/h2-11H,12H2,1H3. The molecule has 1 heterocycles. The molecule has 0 saturated carbocycles. The number of hydrogen-bond donors (Lipinski definition) is 0. The van der Waals surface area contributed by atoms with Crippen molar-refractivity contribution < 1.29 is 19.1 Å². The zero-order valence-corrected chi connectivity index (χ0v) is 13.5. The van der Waals surface area contributed by atoms with E-state index >= 15 is 0 Å². The first kappa shape index (κ1) is 16.4. The van der Waals surface area contributed by atoms with Crippen molar-refractivity contribution in [3.63, 3.8) is 0 Å². The second-order valence-corrected chi connectivity index (χ2v) is 5.06. The Morgan fingerprint density at radius 2 is 1.60 bits per heavy atom. The van der Waals surface area contributed by atoms with Gasteiger partial charge in [-0.1, -0.05) is 48.5 Å². The summed E-state index contributed by atoms with van der Waals surface area (Å²) in [6.45, 7) is 0.0921. The van der Waals surface area contributed by atoms with Gasteiger partial charge in [-0.05, 0) is 17.7 Å². The number of nitrogens with zero attached hydrogens (tertiary/aromatic N) is 3. The van der Waals surface area contributed by atoms with E-state index in [4.69, 9.17) is 4.74 Å². The Labute approximate surface area is 143 Å². The first-order valence-corrected chi connectivity index (χ1v) is 7.51. The lowest BCUT2D eigenvalue weighted by molar-refractivity contribution is 0.0455. The number of carbonyl (C=O) groups excluding carboxylic acids is 2. The summed E-state index contributed by atoms with van der Waals surface area (Å²) in [5.74, 6) is -1.72. The van der Waals surface area contributed by atoms with Gasteiger partial charge < -0.3 is 9.47 Å². The molecule has 0 bridgehead atoms. The van der Waals surface area contributed by atoms with Crippen LogP contribution in [0.15, 0.2) is 60.7 Å². The molecule has 0 aliphatic carbocycles. The molecule has 126 valence electrons. The second-order valence-electron chi connectivity index (χ2n) is 5.06. The average Bonchev–Trinajstić information content (AvgIpc) is 3.12. The smallest absolute Gasteiger partial charge is 0.377 e. The Hall–Kier alpha value is -3.48. The number of para-hydroxylation sites is 1.